The number of piperidine rings is 1. The van der Waals surface area contributed by atoms with Gasteiger partial charge in [-0.25, -0.2) is 13.4 Å². The Kier molecular flexibility index (Phi) is 4.80. The van der Waals surface area contributed by atoms with E-state index in [0.29, 0.717) is 18.0 Å². The quantitative estimate of drug-likeness (QED) is 0.712. The third-order valence-corrected chi connectivity index (χ3v) is 8.11. The highest BCUT2D eigenvalue weighted by Gasteiger charge is 2.31. The molecule has 2 aromatic carbocycles. The van der Waals surface area contributed by atoms with E-state index in [9.17, 15) is 8.42 Å². The van der Waals surface area contributed by atoms with Crippen molar-refractivity contribution >= 4 is 26.7 Å². The summed E-state index contributed by atoms with van der Waals surface area (Å²) in [6.45, 7) is 3.17. The highest BCUT2D eigenvalue weighted by molar-refractivity contribution is 7.89. The Labute approximate surface area is 171 Å². The van der Waals surface area contributed by atoms with E-state index in [1.807, 2.05) is 36.4 Å². The van der Waals surface area contributed by atoms with Gasteiger partial charge in [0, 0.05) is 37.8 Å². The van der Waals surface area contributed by atoms with Crippen LogP contribution in [0.3, 0.4) is 0 Å². The Bertz CT molecular complexity index is 1060. The van der Waals surface area contributed by atoms with Crippen molar-refractivity contribution in [1.82, 2.24) is 14.3 Å². The number of fused-ring (bicyclic) bond motifs is 1. The fourth-order valence-corrected chi connectivity index (χ4v) is 5.96. The standard InChI is InChI=1S/C22H26N4O2S/c27-29(28,19-9-7-18(8-10-19)25-13-3-4-14-25)26-15-11-17(12-16-26)22-23-20-5-1-2-6-21(20)24-22/h1-2,5-10,17H,3-4,11-16H2,(H,23,24). The average Bonchev–Trinajstić information content (AvgIpc) is 3.44. The van der Waals surface area contributed by atoms with Crippen LogP contribution in [0.15, 0.2) is 53.4 Å². The predicted molar refractivity (Wildman–Crippen MR) is 115 cm³/mol. The molecule has 2 saturated heterocycles. The summed E-state index contributed by atoms with van der Waals surface area (Å²) in [5.41, 5.74) is 3.12. The van der Waals surface area contributed by atoms with Crippen LogP contribution in [0.25, 0.3) is 11.0 Å². The van der Waals surface area contributed by atoms with Crippen LogP contribution in [0, 0.1) is 0 Å². The Morgan fingerprint density at radius 2 is 1.59 bits per heavy atom. The van der Waals surface area contributed by atoms with Gasteiger partial charge >= 0.3 is 0 Å². The molecule has 0 amide bonds. The van der Waals surface area contributed by atoms with Crippen LogP contribution in [-0.2, 0) is 10.0 Å². The average molecular weight is 411 g/mol. The summed E-state index contributed by atoms with van der Waals surface area (Å²) in [6.07, 6.45) is 3.98. The molecule has 2 fully saturated rings. The van der Waals surface area contributed by atoms with E-state index in [0.717, 1.165) is 48.5 Å². The van der Waals surface area contributed by atoms with Crippen molar-refractivity contribution in [3.8, 4) is 0 Å². The molecular formula is C22H26N4O2S. The molecule has 0 bridgehead atoms. The van der Waals surface area contributed by atoms with Gasteiger partial charge < -0.3 is 9.88 Å². The molecule has 1 N–H and O–H groups in total. The topological polar surface area (TPSA) is 69.3 Å². The molecule has 3 heterocycles. The van der Waals surface area contributed by atoms with Gasteiger partial charge in [-0.1, -0.05) is 12.1 Å². The van der Waals surface area contributed by atoms with E-state index in [2.05, 4.69) is 9.88 Å². The first-order chi connectivity index (χ1) is 14.1. The third kappa shape index (κ3) is 3.53. The van der Waals surface area contributed by atoms with Crippen molar-refractivity contribution < 1.29 is 8.42 Å². The summed E-state index contributed by atoms with van der Waals surface area (Å²) in [5, 5.41) is 0. The number of nitrogens with one attached hydrogen (secondary N) is 1. The van der Waals surface area contributed by atoms with Gasteiger partial charge in [-0.15, -0.1) is 0 Å². The summed E-state index contributed by atoms with van der Waals surface area (Å²) in [4.78, 5) is 10.8. The maximum Gasteiger partial charge on any atom is 0.243 e. The highest BCUT2D eigenvalue weighted by atomic mass is 32.2. The van der Waals surface area contributed by atoms with Crippen LogP contribution < -0.4 is 4.90 Å². The number of para-hydroxylation sites is 2. The Hall–Kier alpha value is -2.38. The lowest BCUT2D eigenvalue weighted by molar-refractivity contribution is 0.314. The van der Waals surface area contributed by atoms with Crippen molar-refractivity contribution in [1.29, 1.82) is 0 Å². The maximum absolute atomic E-state index is 13.1. The molecule has 6 nitrogen and oxygen atoms in total. The number of benzene rings is 2. The summed E-state index contributed by atoms with van der Waals surface area (Å²) in [5.74, 6) is 1.24. The zero-order valence-corrected chi connectivity index (χ0v) is 17.2. The lowest BCUT2D eigenvalue weighted by Crippen LogP contribution is -2.38. The molecule has 0 aliphatic carbocycles. The van der Waals surface area contributed by atoms with E-state index in [-0.39, 0.29) is 5.92 Å². The zero-order chi connectivity index (χ0) is 19.8. The van der Waals surface area contributed by atoms with Crippen LogP contribution in [-0.4, -0.2) is 48.9 Å². The van der Waals surface area contributed by atoms with Gasteiger partial charge in [-0.05, 0) is 62.1 Å². The number of aromatic nitrogens is 2. The van der Waals surface area contributed by atoms with Crippen LogP contribution in [0.5, 0.6) is 0 Å². The molecule has 29 heavy (non-hydrogen) atoms. The van der Waals surface area contributed by atoms with E-state index in [1.54, 1.807) is 16.4 Å². The smallest absolute Gasteiger partial charge is 0.243 e. The van der Waals surface area contributed by atoms with Gasteiger partial charge in [0.15, 0.2) is 0 Å². The van der Waals surface area contributed by atoms with E-state index in [4.69, 9.17) is 4.98 Å². The number of imidazole rings is 1. The van der Waals surface area contributed by atoms with Crippen molar-refractivity contribution in [3.63, 3.8) is 0 Å². The molecular weight excluding hydrogens is 384 g/mol. The molecule has 3 aromatic rings. The summed E-state index contributed by atoms with van der Waals surface area (Å²) in [7, 11) is -3.45. The number of rotatable bonds is 4. The first-order valence-corrected chi connectivity index (χ1v) is 11.8. The molecule has 0 atom stereocenters. The Balaban J connectivity index is 1.28. The van der Waals surface area contributed by atoms with Crippen LogP contribution in [0.4, 0.5) is 5.69 Å². The normalized spacial score (nSPS) is 19.2. The molecule has 0 radical (unpaired) electrons. The van der Waals surface area contributed by atoms with Crippen LogP contribution in [0.2, 0.25) is 0 Å². The lowest BCUT2D eigenvalue weighted by Gasteiger charge is -2.30. The first kappa shape index (κ1) is 18.6. The zero-order valence-electron chi connectivity index (χ0n) is 16.4. The second kappa shape index (κ2) is 7.46. The third-order valence-electron chi connectivity index (χ3n) is 6.19. The van der Waals surface area contributed by atoms with Crippen molar-refractivity contribution in [2.75, 3.05) is 31.1 Å². The van der Waals surface area contributed by atoms with E-state index in [1.165, 1.54) is 12.8 Å². The van der Waals surface area contributed by atoms with Gasteiger partial charge in [0.2, 0.25) is 10.0 Å². The van der Waals surface area contributed by atoms with Crippen molar-refractivity contribution in [2.45, 2.75) is 36.5 Å². The van der Waals surface area contributed by atoms with Crippen LogP contribution in [0.1, 0.15) is 37.4 Å². The maximum atomic E-state index is 13.1. The fourth-order valence-electron chi connectivity index (χ4n) is 4.49. The molecule has 0 saturated carbocycles. The minimum atomic E-state index is -3.45. The number of nitrogens with zero attached hydrogens (tertiary/aromatic N) is 3. The first-order valence-electron chi connectivity index (χ1n) is 10.4. The van der Waals surface area contributed by atoms with E-state index < -0.39 is 10.0 Å². The molecule has 0 unspecified atom stereocenters. The number of hydrogen-bond donors (Lipinski definition) is 1. The molecule has 152 valence electrons. The summed E-state index contributed by atoms with van der Waals surface area (Å²) in [6, 6.07) is 15.4. The predicted octanol–water partition coefficient (Wildman–Crippen LogP) is 3.73. The second-order valence-electron chi connectivity index (χ2n) is 8.01. The van der Waals surface area contributed by atoms with Gasteiger partial charge in [0.25, 0.3) is 0 Å². The molecule has 2 aliphatic heterocycles. The molecule has 7 heteroatoms. The molecule has 2 aliphatic rings. The molecule has 1 aromatic heterocycles. The SMILES string of the molecule is O=S(=O)(c1ccc(N2CCCC2)cc1)N1CCC(c2nc3ccccc3[nH]2)CC1. The van der Waals surface area contributed by atoms with Crippen molar-refractivity contribution in [2.24, 2.45) is 0 Å². The minimum absolute atomic E-state index is 0.270. The van der Waals surface area contributed by atoms with Gasteiger partial charge in [0.05, 0.1) is 15.9 Å². The number of hydrogen-bond acceptors (Lipinski definition) is 4. The summed E-state index contributed by atoms with van der Waals surface area (Å²) < 4.78 is 27.8. The number of anilines is 1. The van der Waals surface area contributed by atoms with Crippen molar-refractivity contribution in [3.05, 3.63) is 54.4 Å². The largest absolute Gasteiger partial charge is 0.372 e. The summed E-state index contributed by atoms with van der Waals surface area (Å²) >= 11 is 0. The minimum Gasteiger partial charge on any atom is -0.372 e. The fraction of sp³-hybridized carbons (Fsp3) is 0.409. The Morgan fingerprint density at radius 1 is 0.897 bits per heavy atom. The second-order valence-corrected chi connectivity index (χ2v) is 9.94. The van der Waals surface area contributed by atoms with Gasteiger partial charge in [-0.2, -0.15) is 4.31 Å². The number of sulfonamides is 1. The number of aromatic amines is 1. The monoisotopic (exact) mass is 410 g/mol. The van der Waals surface area contributed by atoms with E-state index >= 15 is 0 Å². The molecule has 0 spiro atoms. The number of H-pyrrole nitrogens is 1. The Morgan fingerprint density at radius 3 is 2.28 bits per heavy atom. The lowest BCUT2D eigenvalue weighted by atomic mass is 9.97. The molecule has 5 rings (SSSR count). The van der Waals surface area contributed by atoms with Crippen LogP contribution >= 0.6 is 0 Å². The van der Waals surface area contributed by atoms with Gasteiger partial charge in [-0.3, -0.25) is 0 Å². The van der Waals surface area contributed by atoms with Gasteiger partial charge in [0.1, 0.15) is 5.82 Å². The highest BCUT2D eigenvalue weighted by Crippen LogP contribution is 2.31.